The van der Waals surface area contributed by atoms with Gasteiger partial charge in [-0.05, 0) is 24.3 Å². The van der Waals surface area contributed by atoms with Gasteiger partial charge in [0.15, 0.2) is 0 Å². The summed E-state index contributed by atoms with van der Waals surface area (Å²) in [7, 11) is -3.66. The molecule has 0 aromatic heterocycles. The van der Waals surface area contributed by atoms with Crippen LogP contribution < -0.4 is 9.88 Å². The van der Waals surface area contributed by atoms with Crippen molar-refractivity contribution in [2.75, 3.05) is 12.4 Å². The average molecular weight is 251 g/mol. The van der Waals surface area contributed by atoms with E-state index in [9.17, 15) is 12.3 Å². The maximum Gasteiger partial charge on any atom is 0.238 e. The number of hydrogen-bond acceptors (Lipinski definition) is 4. The summed E-state index contributed by atoms with van der Waals surface area (Å²) in [6.07, 6.45) is 0. The fourth-order valence-corrected chi connectivity index (χ4v) is 1.58. The molecule has 1 aromatic rings. The van der Waals surface area contributed by atoms with Crippen molar-refractivity contribution in [2.24, 2.45) is 5.14 Å². The highest BCUT2D eigenvalue weighted by molar-refractivity contribution is 7.94. The Balaban J connectivity index is 2.65. The van der Waals surface area contributed by atoms with E-state index in [0.717, 1.165) is 0 Å². The number of benzene rings is 1. The first kappa shape index (κ1) is 12.3. The molecule has 7 heteroatoms. The zero-order valence-corrected chi connectivity index (χ0v) is 9.35. The molecule has 1 rings (SSSR count). The number of ether oxygens (including phenoxy) is 1. The van der Waals surface area contributed by atoms with Crippen LogP contribution in [0.1, 0.15) is 0 Å². The van der Waals surface area contributed by atoms with Gasteiger partial charge in [0.05, 0.1) is 17.3 Å². The molecule has 0 heterocycles. The number of rotatable bonds is 5. The van der Waals surface area contributed by atoms with Gasteiger partial charge in [0.1, 0.15) is 5.75 Å². The summed E-state index contributed by atoms with van der Waals surface area (Å²) in [5.41, 5.74) is 0. The van der Waals surface area contributed by atoms with Crippen LogP contribution in [0.4, 0.5) is 3.89 Å². The second-order valence-corrected chi connectivity index (χ2v) is 4.87. The third-order valence-electron chi connectivity index (χ3n) is 1.58. The van der Waals surface area contributed by atoms with Crippen molar-refractivity contribution in [3.05, 3.63) is 24.3 Å². The molecule has 0 spiro atoms. The lowest BCUT2D eigenvalue weighted by atomic mass is 10.3. The quantitative estimate of drug-likeness (QED) is 0.801. The lowest BCUT2D eigenvalue weighted by Crippen LogP contribution is -2.11. The van der Waals surface area contributed by atoms with Crippen LogP contribution in [0.25, 0.3) is 0 Å². The molecule has 0 aliphatic carbocycles. The zero-order valence-electron chi connectivity index (χ0n) is 7.72. The molecule has 15 heavy (non-hydrogen) atoms. The Labute approximate surface area is 92.0 Å². The highest BCUT2D eigenvalue weighted by Crippen LogP contribution is 2.15. The third kappa shape index (κ3) is 4.06. The van der Waals surface area contributed by atoms with Gasteiger partial charge in [-0.15, -0.1) is 0 Å². The van der Waals surface area contributed by atoms with Gasteiger partial charge < -0.3 is 4.74 Å². The van der Waals surface area contributed by atoms with E-state index in [1.807, 2.05) is 0 Å². The first-order valence-corrected chi connectivity index (χ1v) is 6.46. The van der Waals surface area contributed by atoms with Gasteiger partial charge in [-0.25, -0.2) is 13.6 Å². The molecule has 0 saturated heterocycles. The first-order valence-electron chi connectivity index (χ1n) is 4.03. The second kappa shape index (κ2) is 5.34. The van der Waals surface area contributed by atoms with Gasteiger partial charge in [-0.1, -0.05) is 0 Å². The maximum atomic E-state index is 11.7. The summed E-state index contributed by atoms with van der Waals surface area (Å²) in [5.74, 6) is 0.716. The van der Waals surface area contributed by atoms with Crippen LogP contribution in [0, 0.1) is 0 Å². The third-order valence-corrected chi connectivity index (χ3v) is 2.83. The first-order chi connectivity index (χ1) is 7.04. The molecule has 0 amide bonds. The highest BCUT2D eigenvalue weighted by Gasteiger charge is 2.06. The fraction of sp³-hybridized carbons (Fsp3) is 0.250. The number of hydrogen-bond donors (Lipinski definition) is 1. The van der Waals surface area contributed by atoms with Gasteiger partial charge in [0.2, 0.25) is 10.0 Å². The molecular weight excluding hydrogens is 241 g/mol. The van der Waals surface area contributed by atoms with Crippen LogP contribution in [0.3, 0.4) is 0 Å². The number of halogens is 1. The Hall–Kier alpha value is -0.790. The molecule has 0 saturated carbocycles. The van der Waals surface area contributed by atoms with Crippen molar-refractivity contribution in [3.63, 3.8) is 0 Å². The Morgan fingerprint density at radius 2 is 1.93 bits per heavy atom. The van der Waals surface area contributed by atoms with Gasteiger partial charge in [0.25, 0.3) is 0 Å². The van der Waals surface area contributed by atoms with Crippen molar-refractivity contribution in [3.8, 4) is 5.75 Å². The molecule has 84 valence electrons. The van der Waals surface area contributed by atoms with E-state index < -0.39 is 10.0 Å². The molecule has 0 fully saturated rings. The normalized spacial score (nSPS) is 11.3. The van der Waals surface area contributed by atoms with Crippen LogP contribution in [-0.2, 0) is 10.0 Å². The molecule has 0 atom stereocenters. The predicted octanol–water partition coefficient (Wildman–Crippen LogP) is 1.33. The summed E-state index contributed by atoms with van der Waals surface area (Å²) in [6.45, 7) is 0.232. The van der Waals surface area contributed by atoms with E-state index in [4.69, 9.17) is 9.88 Å². The Bertz CT molecular complexity index is 404. The topological polar surface area (TPSA) is 69.4 Å². The van der Waals surface area contributed by atoms with Gasteiger partial charge in [-0.2, -0.15) is 3.89 Å². The standard InChI is InChI=1S/C8H10FNO3S2/c9-14-6-5-13-7-1-3-8(4-2-7)15(10,11)12/h1-4H,5-6H2,(H2,10,11,12). The van der Waals surface area contributed by atoms with Crippen LogP contribution in [0.5, 0.6) is 5.75 Å². The molecule has 2 N–H and O–H groups in total. The van der Waals surface area contributed by atoms with Crippen LogP contribution >= 0.6 is 12.1 Å². The van der Waals surface area contributed by atoms with E-state index in [2.05, 4.69) is 0 Å². The van der Waals surface area contributed by atoms with Gasteiger partial charge >= 0.3 is 0 Å². The van der Waals surface area contributed by atoms with E-state index in [-0.39, 0.29) is 29.4 Å². The minimum Gasteiger partial charge on any atom is -0.493 e. The Kier molecular flexibility index (Phi) is 4.37. The lowest BCUT2D eigenvalue weighted by molar-refractivity contribution is 0.343. The van der Waals surface area contributed by atoms with Crippen molar-refractivity contribution >= 4 is 22.2 Å². The summed E-state index contributed by atoms with van der Waals surface area (Å²) >= 11 is 0.187. The van der Waals surface area contributed by atoms with Gasteiger partial charge in [-0.3, -0.25) is 0 Å². The second-order valence-electron chi connectivity index (χ2n) is 2.68. The highest BCUT2D eigenvalue weighted by atomic mass is 32.2. The van der Waals surface area contributed by atoms with E-state index in [1.54, 1.807) is 0 Å². The minimum atomic E-state index is -3.66. The molecule has 0 aliphatic rings. The number of primary sulfonamides is 1. The van der Waals surface area contributed by atoms with Crippen molar-refractivity contribution < 1.29 is 17.0 Å². The minimum absolute atomic E-state index is 0.0229. The van der Waals surface area contributed by atoms with Crippen LogP contribution in [-0.4, -0.2) is 20.8 Å². The summed E-state index contributed by atoms with van der Waals surface area (Å²) in [6, 6.07) is 5.63. The molecule has 0 bridgehead atoms. The van der Waals surface area contributed by atoms with Crippen molar-refractivity contribution in [1.82, 2.24) is 0 Å². The summed E-state index contributed by atoms with van der Waals surface area (Å²) in [4.78, 5) is 0.0229. The zero-order chi connectivity index (χ0) is 11.3. The largest absolute Gasteiger partial charge is 0.493 e. The van der Waals surface area contributed by atoms with Crippen molar-refractivity contribution in [2.45, 2.75) is 4.90 Å². The molecule has 0 aliphatic heterocycles. The van der Waals surface area contributed by atoms with Crippen LogP contribution in [0.2, 0.25) is 0 Å². The molecular formula is C8H10FNO3S2. The average Bonchev–Trinajstić information content (AvgIpc) is 2.18. The summed E-state index contributed by atoms with van der Waals surface area (Å²) < 4.78 is 38.6. The van der Waals surface area contributed by atoms with Gasteiger partial charge in [0, 0.05) is 12.1 Å². The maximum absolute atomic E-state index is 11.7. The monoisotopic (exact) mass is 251 g/mol. The van der Waals surface area contributed by atoms with E-state index in [1.165, 1.54) is 24.3 Å². The predicted molar refractivity (Wildman–Crippen MR) is 56.9 cm³/mol. The Morgan fingerprint density at radius 3 is 2.40 bits per heavy atom. The molecule has 1 aromatic carbocycles. The molecule has 4 nitrogen and oxygen atoms in total. The summed E-state index contributed by atoms with van der Waals surface area (Å²) in [5, 5.41) is 4.91. The SMILES string of the molecule is NS(=O)(=O)c1ccc(OCCSF)cc1. The molecule has 0 radical (unpaired) electrons. The van der Waals surface area contributed by atoms with Crippen molar-refractivity contribution in [1.29, 1.82) is 0 Å². The lowest BCUT2D eigenvalue weighted by Gasteiger charge is -2.04. The Morgan fingerprint density at radius 1 is 1.33 bits per heavy atom. The number of sulfonamides is 1. The van der Waals surface area contributed by atoms with E-state index >= 15 is 0 Å². The smallest absolute Gasteiger partial charge is 0.238 e. The fourth-order valence-electron chi connectivity index (χ4n) is 0.917. The number of nitrogens with two attached hydrogens (primary N) is 1. The van der Waals surface area contributed by atoms with E-state index in [0.29, 0.717) is 5.75 Å². The molecule has 0 unspecified atom stereocenters. The van der Waals surface area contributed by atoms with Crippen LogP contribution in [0.15, 0.2) is 29.2 Å².